The summed E-state index contributed by atoms with van der Waals surface area (Å²) in [6, 6.07) is 11.3. The van der Waals surface area contributed by atoms with Gasteiger partial charge in [0.15, 0.2) is 0 Å². The SMILES string of the molecule is COC(=O)N[C@H](C(=O)N1CCC[C@H]1c1ncc(-c2ccc(-c3ccc(-c4cnc([C@@H]5CCCN5C(=O)[C@@H](NC(=O)P)C(C)C)[nH]4)c4c3CCC4)cc2)[nH]1)C(C)C. The van der Waals surface area contributed by atoms with Gasteiger partial charge in [-0.3, -0.25) is 14.4 Å². The summed E-state index contributed by atoms with van der Waals surface area (Å²) in [6.07, 6.45) is 9.51. The monoisotopic (exact) mass is 780 g/mol. The molecule has 2 aromatic carbocycles. The van der Waals surface area contributed by atoms with Crippen molar-refractivity contribution < 1.29 is 23.9 Å². The van der Waals surface area contributed by atoms with Crippen LogP contribution in [0, 0.1) is 11.8 Å². The van der Waals surface area contributed by atoms with E-state index < -0.39 is 18.2 Å². The summed E-state index contributed by atoms with van der Waals surface area (Å²) in [6.45, 7) is 8.95. The number of H-pyrrole nitrogens is 2. The highest BCUT2D eigenvalue weighted by atomic mass is 31.0. The van der Waals surface area contributed by atoms with Gasteiger partial charge in [0.05, 0.1) is 43.0 Å². The maximum absolute atomic E-state index is 13.6. The number of carbonyl (C=O) groups is 4. The third kappa shape index (κ3) is 7.83. The largest absolute Gasteiger partial charge is 0.453 e. The Balaban J connectivity index is 1.07. The van der Waals surface area contributed by atoms with E-state index in [4.69, 9.17) is 14.7 Å². The van der Waals surface area contributed by atoms with E-state index in [9.17, 15) is 19.2 Å². The lowest BCUT2D eigenvalue weighted by Gasteiger charge is -2.30. The fourth-order valence-electron chi connectivity index (χ4n) is 8.71. The van der Waals surface area contributed by atoms with Gasteiger partial charge in [0.1, 0.15) is 23.7 Å². The molecule has 2 fully saturated rings. The average Bonchev–Trinajstić information content (AvgIpc) is 4.03. The van der Waals surface area contributed by atoms with Gasteiger partial charge in [-0.2, -0.15) is 0 Å². The van der Waals surface area contributed by atoms with Gasteiger partial charge in [-0.25, -0.2) is 14.8 Å². The van der Waals surface area contributed by atoms with Gasteiger partial charge in [-0.15, -0.1) is 0 Å². The molecule has 14 heteroatoms. The molecule has 4 N–H and O–H groups in total. The highest BCUT2D eigenvalue weighted by Crippen LogP contribution is 2.40. The Hall–Kier alpha value is -5.03. The third-order valence-corrected chi connectivity index (χ3v) is 11.8. The number of benzene rings is 2. The van der Waals surface area contributed by atoms with Crippen LogP contribution in [0.1, 0.15) is 94.7 Å². The Bertz CT molecular complexity index is 2090. The van der Waals surface area contributed by atoms with Gasteiger partial charge in [0, 0.05) is 18.7 Å². The van der Waals surface area contributed by atoms with Crippen molar-refractivity contribution >= 4 is 32.8 Å². The van der Waals surface area contributed by atoms with Crippen LogP contribution in [0.3, 0.4) is 0 Å². The smallest absolute Gasteiger partial charge is 0.407 e. The summed E-state index contributed by atoms with van der Waals surface area (Å²) in [5, 5.41) is 5.53. The van der Waals surface area contributed by atoms with Gasteiger partial charge in [-0.1, -0.05) is 64.1 Å². The number of imidazole rings is 2. The maximum Gasteiger partial charge on any atom is 0.407 e. The van der Waals surface area contributed by atoms with Gasteiger partial charge in [-0.05, 0) is 93.8 Å². The van der Waals surface area contributed by atoms with Crippen molar-refractivity contribution in [2.45, 2.75) is 96.8 Å². The number of ether oxygens (including phenoxy) is 1. The Morgan fingerprint density at radius 2 is 1.21 bits per heavy atom. The molecule has 2 aliphatic heterocycles. The number of carbonyl (C=O) groups excluding carboxylic acids is 4. The highest BCUT2D eigenvalue weighted by molar-refractivity contribution is 7.39. The number of nitrogens with one attached hydrogen (secondary N) is 4. The van der Waals surface area contributed by atoms with Crippen LogP contribution in [0.4, 0.5) is 9.59 Å². The Morgan fingerprint density at radius 1 is 0.714 bits per heavy atom. The molecule has 0 spiro atoms. The minimum atomic E-state index is -0.683. The molecule has 4 heterocycles. The van der Waals surface area contributed by atoms with E-state index in [1.165, 1.54) is 23.8 Å². The number of rotatable bonds is 11. The zero-order chi connectivity index (χ0) is 39.7. The Labute approximate surface area is 330 Å². The van der Waals surface area contributed by atoms with E-state index in [-0.39, 0.29) is 41.4 Å². The average molecular weight is 781 g/mol. The fourth-order valence-corrected chi connectivity index (χ4v) is 8.89. The second-order valence-corrected chi connectivity index (χ2v) is 16.4. The van der Waals surface area contributed by atoms with E-state index in [0.29, 0.717) is 13.1 Å². The number of aromatic nitrogens is 4. The third-order valence-electron chi connectivity index (χ3n) is 11.6. The fraction of sp³-hybridized carbons (Fsp3) is 0.476. The molecular formula is C42H53N8O5P. The van der Waals surface area contributed by atoms with Crippen molar-refractivity contribution in [3.63, 3.8) is 0 Å². The summed E-state index contributed by atoms with van der Waals surface area (Å²) in [7, 11) is 3.41. The predicted octanol–water partition coefficient (Wildman–Crippen LogP) is 6.94. The first-order valence-electron chi connectivity index (χ1n) is 19.8. The topological polar surface area (TPSA) is 165 Å². The summed E-state index contributed by atoms with van der Waals surface area (Å²) in [5.41, 5.74) is 8.75. The molecule has 1 unspecified atom stereocenters. The van der Waals surface area contributed by atoms with Gasteiger partial charge in [0.25, 0.3) is 0 Å². The molecule has 2 saturated heterocycles. The maximum atomic E-state index is 13.6. The van der Waals surface area contributed by atoms with Crippen molar-refractivity contribution in [3.05, 3.63) is 71.6 Å². The van der Waals surface area contributed by atoms with E-state index in [2.05, 4.69) is 66.2 Å². The molecule has 3 aliphatic rings. The number of aromatic amines is 2. The molecule has 296 valence electrons. The first-order chi connectivity index (χ1) is 26.9. The van der Waals surface area contributed by atoms with Gasteiger partial charge in [0.2, 0.25) is 17.5 Å². The number of nitrogens with zero attached hydrogens (tertiary/aromatic N) is 4. The van der Waals surface area contributed by atoms with Crippen LogP contribution in [-0.4, -0.2) is 85.6 Å². The zero-order valence-electron chi connectivity index (χ0n) is 32.9. The molecule has 7 rings (SSSR count). The van der Waals surface area contributed by atoms with E-state index in [1.54, 1.807) is 0 Å². The van der Waals surface area contributed by atoms with E-state index >= 15 is 0 Å². The quantitative estimate of drug-likeness (QED) is 0.120. The first kappa shape index (κ1) is 39.2. The van der Waals surface area contributed by atoms with Crippen molar-refractivity contribution in [2.75, 3.05) is 20.2 Å². The molecule has 4 aromatic rings. The number of likely N-dealkylation sites (tertiary alicyclic amines) is 2. The first-order valence-corrected chi connectivity index (χ1v) is 20.4. The Morgan fingerprint density at radius 3 is 1.77 bits per heavy atom. The minimum Gasteiger partial charge on any atom is -0.453 e. The normalized spacial score (nSPS) is 19.0. The van der Waals surface area contributed by atoms with Crippen molar-refractivity contribution in [3.8, 4) is 33.6 Å². The summed E-state index contributed by atoms with van der Waals surface area (Å²) < 4.78 is 4.77. The van der Waals surface area contributed by atoms with E-state index in [1.807, 2.05) is 49.9 Å². The summed E-state index contributed by atoms with van der Waals surface area (Å²) in [5.74, 6) is 1.18. The predicted molar refractivity (Wildman–Crippen MR) is 217 cm³/mol. The summed E-state index contributed by atoms with van der Waals surface area (Å²) >= 11 is 0. The van der Waals surface area contributed by atoms with Crippen LogP contribution in [0.25, 0.3) is 33.6 Å². The molecule has 13 nitrogen and oxygen atoms in total. The van der Waals surface area contributed by atoms with Crippen LogP contribution in [0.2, 0.25) is 0 Å². The second kappa shape index (κ2) is 16.6. The standard InChI is InChI=1S/C42H53N8O5P/c1-23(2)35(47-41(53)55-5)39(51)49-19-7-11-33(49)37-43-21-31(45-37)26-15-13-25(14-16-26)27-17-18-30(29-10-6-9-28(27)29)32-22-44-38(46-32)34-12-8-20-50(34)40(52)36(24(3)4)48-42(54)56/h13-18,21-24,33-36H,6-12,19-20,56H2,1-5H3,(H,43,45)(H,44,46)(H,47,53)(H,48,54)/t33-,34-,35-,36-/m0/s1. The molecule has 0 radical (unpaired) electrons. The van der Waals surface area contributed by atoms with Gasteiger partial charge < -0.3 is 35.1 Å². The lowest BCUT2D eigenvalue weighted by molar-refractivity contribution is -0.136. The molecule has 5 atom stereocenters. The number of alkyl carbamates (subject to hydrolysis) is 1. The number of hydrogen-bond acceptors (Lipinski definition) is 7. The van der Waals surface area contributed by atoms with Crippen molar-refractivity contribution in [1.29, 1.82) is 0 Å². The highest BCUT2D eigenvalue weighted by Gasteiger charge is 2.39. The van der Waals surface area contributed by atoms with Crippen LogP contribution < -0.4 is 10.6 Å². The van der Waals surface area contributed by atoms with Crippen LogP contribution in [0.5, 0.6) is 0 Å². The summed E-state index contributed by atoms with van der Waals surface area (Å²) in [4.78, 5) is 71.3. The molecular weight excluding hydrogens is 727 g/mol. The lowest BCUT2D eigenvalue weighted by atomic mass is 9.92. The molecule has 56 heavy (non-hydrogen) atoms. The molecule has 0 bridgehead atoms. The number of fused-ring (bicyclic) bond motifs is 1. The van der Waals surface area contributed by atoms with Crippen molar-refractivity contribution in [1.82, 2.24) is 40.4 Å². The second-order valence-electron chi connectivity index (χ2n) is 15.9. The van der Waals surface area contributed by atoms with Gasteiger partial charge >= 0.3 is 6.09 Å². The molecule has 1 aliphatic carbocycles. The molecule has 4 amide bonds. The number of methoxy groups -OCH3 is 1. The number of hydrogen-bond donors (Lipinski definition) is 4. The minimum absolute atomic E-state index is 0.0365. The zero-order valence-corrected chi connectivity index (χ0v) is 34.0. The van der Waals surface area contributed by atoms with Crippen LogP contribution in [-0.2, 0) is 27.2 Å². The van der Waals surface area contributed by atoms with Crippen LogP contribution >= 0.6 is 9.24 Å². The number of amides is 4. The molecule has 2 aromatic heterocycles. The Kier molecular flexibility index (Phi) is 11.6. The van der Waals surface area contributed by atoms with Crippen LogP contribution in [0.15, 0.2) is 48.8 Å². The molecule has 0 saturated carbocycles. The van der Waals surface area contributed by atoms with Crippen molar-refractivity contribution in [2.24, 2.45) is 11.8 Å². The lowest BCUT2D eigenvalue weighted by Crippen LogP contribution is -2.51. The van der Waals surface area contributed by atoms with E-state index in [0.717, 1.165) is 84.7 Å².